The Morgan fingerprint density at radius 3 is 2.08 bits per heavy atom. The van der Waals surface area contributed by atoms with Crippen LogP contribution in [-0.2, 0) is 4.74 Å². The van der Waals surface area contributed by atoms with Crippen molar-refractivity contribution in [3.63, 3.8) is 0 Å². The number of aliphatic hydroxyl groups excluding tert-OH is 1. The van der Waals surface area contributed by atoms with Crippen molar-refractivity contribution in [1.82, 2.24) is 9.80 Å². The number of β-amino-alcohol motifs (C(OH)–C–C–N with tert-alkyl or cyclic N) is 1. The third-order valence-corrected chi connectivity index (χ3v) is 2.49. The van der Waals surface area contributed by atoms with Crippen LogP contribution >= 0.6 is 0 Å². The van der Waals surface area contributed by atoms with E-state index >= 15 is 0 Å². The normalized spacial score (nSPS) is 20.8. The Balaban J connectivity index is 2.08. The quantitative estimate of drug-likeness (QED) is 0.615. The Hall–Kier alpha value is -0.160. The van der Waals surface area contributed by atoms with Crippen LogP contribution in [0.1, 0.15) is 0 Å². The minimum Gasteiger partial charge on any atom is -0.395 e. The molecular formula is C9H20N2O2. The Labute approximate surface area is 80.1 Å². The first kappa shape index (κ1) is 10.9. The van der Waals surface area contributed by atoms with Crippen LogP contribution in [0, 0.1) is 0 Å². The maximum absolute atomic E-state index is 8.75. The molecule has 1 saturated heterocycles. The number of ether oxygens (including phenoxy) is 1. The Morgan fingerprint density at radius 2 is 1.62 bits per heavy atom. The lowest BCUT2D eigenvalue weighted by molar-refractivity contribution is 0.0871. The Morgan fingerprint density at radius 1 is 1.08 bits per heavy atom. The van der Waals surface area contributed by atoms with E-state index in [1.54, 1.807) is 7.11 Å². The number of methoxy groups -OCH3 is 1. The van der Waals surface area contributed by atoms with Gasteiger partial charge >= 0.3 is 0 Å². The maximum atomic E-state index is 8.75. The van der Waals surface area contributed by atoms with Crippen LogP contribution in [-0.4, -0.2) is 74.5 Å². The molecule has 0 unspecified atom stereocenters. The fourth-order valence-electron chi connectivity index (χ4n) is 1.60. The van der Waals surface area contributed by atoms with E-state index in [1.807, 2.05) is 0 Å². The van der Waals surface area contributed by atoms with Gasteiger partial charge < -0.3 is 9.84 Å². The van der Waals surface area contributed by atoms with E-state index in [-0.39, 0.29) is 6.61 Å². The molecule has 13 heavy (non-hydrogen) atoms. The van der Waals surface area contributed by atoms with Crippen molar-refractivity contribution in [1.29, 1.82) is 0 Å². The highest BCUT2D eigenvalue weighted by Crippen LogP contribution is 2.00. The van der Waals surface area contributed by atoms with Gasteiger partial charge in [0.1, 0.15) is 0 Å². The largest absolute Gasteiger partial charge is 0.395 e. The Kier molecular flexibility index (Phi) is 5.31. The molecule has 0 aliphatic carbocycles. The molecule has 1 aliphatic heterocycles. The van der Waals surface area contributed by atoms with E-state index in [4.69, 9.17) is 9.84 Å². The molecule has 78 valence electrons. The van der Waals surface area contributed by atoms with Gasteiger partial charge in [-0.2, -0.15) is 0 Å². The number of hydrogen-bond acceptors (Lipinski definition) is 4. The fraction of sp³-hybridized carbons (Fsp3) is 1.00. The third kappa shape index (κ3) is 4.04. The standard InChI is InChI=1S/C9H20N2O2/c1-13-9-7-11-4-2-10(3-5-11)6-8-12/h12H,2-9H2,1H3. The van der Waals surface area contributed by atoms with Gasteiger partial charge in [0, 0.05) is 46.4 Å². The molecule has 0 bridgehead atoms. The van der Waals surface area contributed by atoms with Gasteiger partial charge in [-0.15, -0.1) is 0 Å². The molecule has 0 amide bonds. The van der Waals surface area contributed by atoms with Crippen molar-refractivity contribution >= 4 is 0 Å². The van der Waals surface area contributed by atoms with Gasteiger partial charge in [0.05, 0.1) is 13.2 Å². The molecule has 4 nitrogen and oxygen atoms in total. The highest BCUT2D eigenvalue weighted by Gasteiger charge is 2.15. The molecule has 1 aliphatic rings. The molecule has 4 heteroatoms. The zero-order chi connectivity index (χ0) is 9.52. The lowest BCUT2D eigenvalue weighted by Gasteiger charge is -2.34. The van der Waals surface area contributed by atoms with Gasteiger partial charge in [-0.25, -0.2) is 0 Å². The lowest BCUT2D eigenvalue weighted by atomic mass is 10.3. The number of nitrogens with zero attached hydrogens (tertiary/aromatic N) is 2. The van der Waals surface area contributed by atoms with Gasteiger partial charge in [-0.1, -0.05) is 0 Å². The summed E-state index contributed by atoms with van der Waals surface area (Å²) in [5.74, 6) is 0. The van der Waals surface area contributed by atoms with E-state index in [2.05, 4.69) is 9.80 Å². The molecule has 0 atom stereocenters. The summed E-state index contributed by atoms with van der Waals surface area (Å²) in [7, 11) is 1.74. The van der Waals surface area contributed by atoms with Crippen molar-refractivity contribution in [3.8, 4) is 0 Å². The first-order chi connectivity index (χ1) is 6.36. The van der Waals surface area contributed by atoms with Crippen LogP contribution in [0.5, 0.6) is 0 Å². The van der Waals surface area contributed by atoms with Crippen LogP contribution in [0.4, 0.5) is 0 Å². The summed E-state index contributed by atoms with van der Waals surface area (Å²) in [6.45, 7) is 7.29. The second-order valence-electron chi connectivity index (χ2n) is 3.40. The van der Waals surface area contributed by atoms with E-state index in [9.17, 15) is 0 Å². The fourth-order valence-corrected chi connectivity index (χ4v) is 1.60. The lowest BCUT2D eigenvalue weighted by Crippen LogP contribution is -2.47. The van der Waals surface area contributed by atoms with Crippen LogP contribution in [0.3, 0.4) is 0 Å². The zero-order valence-electron chi connectivity index (χ0n) is 8.41. The van der Waals surface area contributed by atoms with Gasteiger partial charge in [-0.3, -0.25) is 9.80 Å². The molecular weight excluding hydrogens is 168 g/mol. The van der Waals surface area contributed by atoms with Gasteiger partial charge in [0.2, 0.25) is 0 Å². The predicted octanol–water partition coefficient (Wildman–Crippen LogP) is -0.757. The first-order valence-corrected chi connectivity index (χ1v) is 4.91. The molecule has 0 saturated carbocycles. The smallest absolute Gasteiger partial charge is 0.0589 e. The van der Waals surface area contributed by atoms with Crippen LogP contribution in [0.15, 0.2) is 0 Å². The highest BCUT2D eigenvalue weighted by atomic mass is 16.5. The van der Waals surface area contributed by atoms with Crippen molar-refractivity contribution in [2.45, 2.75) is 0 Å². The molecule has 1 N–H and O–H groups in total. The molecule has 0 radical (unpaired) electrons. The highest BCUT2D eigenvalue weighted by molar-refractivity contribution is 4.71. The summed E-state index contributed by atoms with van der Waals surface area (Å²) in [5, 5.41) is 8.75. The second kappa shape index (κ2) is 6.32. The molecule has 1 heterocycles. The van der Waals surface area contributed by atoms with E-state index in [0.29, 0.717) is 0 Å². The monoisotopic (exact) mass is 188 g/mol. The van der Waals surface area contributed by atoms with E-state index in [1.165, 1.54) is 0 Å². The predicted molar refractivity (Wildman–Crippen MR) is 51.8 cm³/mol. The summed E-state index contributed by atoms with van der Waals surface area (Å²) in [4.78, 5) is 4.70. The van der Waals surface area contributed by atoms with Crippen LogP contribution < -0.4 is 0 Å². The van der Waals surface area contributed by atoms with Crippen molar-refractivity contribution in [3.05, 3.63) is 0 Å². The second-order valence-corrected chi connectivity index (χ2v) is 3.40. The number of hydrogen-bond donors (Lipinski definition) is 1. The summed E-state index contributed by atoms with van der Waals surface area (Å²) < 4.78 is 5.02. The molecule has 0 aromatic heterocycles. The molecule has 0 aromatic carbocycles. The molecule has 1 fully saturated rings. The van der Waals surface area contributed by atoms with Gasteiger partial charge in [0.15, 0.2) is 0 Å². The molecule has 1 rings (SSSR count). The summed E-state index contributed by atoms with van der Waals surface area (Å²) in [5.41, 5.74) is 0. The average molecular weight is 188 g/mol. The minimum atomic E-state index is 0.276. The first-order valence-electron chi connectivity index (χ1n) is 4.91. The van der Waals surface area contributed by atoms with Gasteiger partial charge in [-0.05, 0) is 0 Å². The summed E-state index contributed by atoms with van der Waals surface area (Å²) >= 11 is 0. The summed E-state index contributed by atoms with van der Waals surface area (Å²) in [6, 6.07) is 0. The van der Waals surface area contributed by atoms with E-state index in [0.717, 1.165) is 45.9 Å². The minimum absolute atomic E-state index is 0.276. The number of aliphatic hydroxyl groups is 1. The zero-order valence-corrected chi connectivity index (χ0v) is 8.41. The SMILES string of the molecule is COCCN1CCN(CCO)CC1. The number of rotatable bonds is 5. The topological polar surface area (TPSA) is 35.9 Å². The van der Waals surface area contributed by atoms with Crippen LogP contribution in [0.25, 0.3) is 0 Å². The maximum Gasteiger partial charge on any atom is 0.0589 e. The van der Waals surface area contributed by atoms with Crippen molar-refractivity contribution in [2.75, 3.05) is 59.6 Å². The Bertz CT molecular complexity index is 125. The van der Waals surface area contributed by atoms with Gasteiger partial charge in [0.25, 0.3) is 0 Å². The van der Waals surface area contributed by atoms with E-state index < -0.39 is 0 Å². The molecule has 0 spiro atoms. The number of piperazine rings is 1. The van der Waals surface area contributed by atoms with Crippen LogP contribution in [0.2, 0.25) is 0 Å². The molecule has 0 aromatic rings. The van der Waals surface area contributed by atoms with Crippen molar-refractivity contribution < 1.29 is 9.84 Å². The summed E-state index contributed by atoms with van der Waals surface area (Å²) in [6.07, 6.45) is 0. The van der Waals surface area contributed by atoms with Crippen molar-refractivity contribution in [2.24, 2.45) is 0 Å². The average Bonchev–Trinajstić information content (AvgIpc) is 2.17. The third-order valence-electron chi connectivity index (χ3n) is 2.49.